The monoisotopic (exact) mass is 796 g/mol. The van der Waals surface area contributed by atoms with Crippen molar-refractivity contribution in [2.75, 3.05) is 9.80 Å². The summed E-state index contributed by atoms with van der Waals surface area (Å²) in [7, 11) is 0. The van der Waals surface area contributed by atoms with Crippen LogP contribution in [0.5, 0.6) is 0 Å². The maximum Gasteiger partial charge on any atom is 0.0630 e. The van der Waals surface area contributed by atoms with E-state index in [9.17, 15) is 0 Å². The maximum atomic E-state index is 2.52. The summed E-state index contributed by atoms with van der Waals surface area (Å²) >= 11 is 1.87. The number of rotatable bonds is 7. The van der Waals surface area contributed by atoms with Crippen LogP contribution in [0.1, 0.15) is 17.0 Å². The second-order valence-corrected chi connectivity index (χ2v) is 17.2. The minimum Gasteiger partial charge on any atom is -0.333 e. The minimum atomic E-state index is 0.196. The van der Waals surface area contributed by atoms with Gasteiger partial charge in [-0.3, -0.25) is 0 Å². The summed E-state index contributed by atoms with van der Waals surface area (Å²) in [4.78, 5) is 4.89. The first-order valence-electron chi connectivity index (χ1n) is 21.1. The number of allylic oxidation sites excluding steroid dienone is 2. The van der Waals surface area contributed by atoms with E-state index in [1.54, 1.807) is 0 Å². The number of nitrogens with zero attached hydrogens (tertiary/aromatic N) is 2. The fourth-order valence-electron chi connectivity index (χ4n) is 9.56. The molecule has 2 aliphatic rings. The van der Waals surface area contributed by atoms with E-state index in [2.05, 4.69) is 240 Å². The fraction of sp³-hybridized carbons (Fsp3) is 0.0345. The molecule has 2 atom stereocenters. The van der Waals surface area contributed by atoms with Gasteiger partial charge in [-0.15, -0.1) is 11.3 Å². The molecule has 9 aromatic carbocycles. The van der Waals surface area contributed by atoms with Gasteiger partial charge in [0.25, 0.3) is 0 Å². The second-order valence-electron chi connectivity index (χ2n) is 16.1. The Hall–Kier alpha value is -7.46. The van der Waals surface area contributed by atoms with E-state index in [1.807, 2.05) is 11.3 Å². The zero-order valence-electron chi connectivity index (χ0n) is 33.4. The van der Waals surface area contributed by atoms with Gasteiger partial charge in [0.15, 0.2) is 0 Å². The van der Waals surface area contributed by atoms with Gasteiger partial charge < -0.3 is 9.80 Å². The Balaban J connectivity index is 0.847. The summed E-state index contributed by atoms with van der Waals surface area (Å²) in [5.41, 5.74) is 14.6. The number of hydrogen-bond acceptors (Lipinski definition) is 3. The fourth-order valence-corrected chi connectivity index (χ4v) is 10.6. The molecular weight excluding hydrogens is 757 g/mol. The van der Waals surface area contributed by atoms with Crippen LogP contribution in [-0.4, -0.2) is 6.04 Å². The van der Waals surface area contributed by atoms with Gasteiger partial charge in [-0.2, -0.15) is 0 Å². The topological polar surface area (TPSA) is 6.48 Å². The minimum absolute atomic E-state index is 0.196. The molecule has 61 heavy (non-hydrogen) atoms. The maximum absolute atomic E-state index is 2.52. The highest BCUT2D eigenvalue weighted by Crippen LogP contribution is 2.50. The molecule has 0 fully saturated rings. The first-order chi connectivity index (χ1) is 30.2. The van der Waals surface area contributed by atoms with E-state index in [0.717, 1.165) is 17.1 Å². The summed E-state index contributed by atoms with van der Waals surface area (Å²) in [6.07, 6.45) is 7.22. The van der Waals surface area contributed by atoms with Crippen LogP contribution in [0, 0.1) is 0 Å². The molecule has 0 spiro atoms. The molecule has 2 heterocycles. The Morgan fingerprint density at radius 3 is 1.85 bits per heavy atom. The van der Waals surface area contributed by atoms with E-state index in [-0.39, 0.29) is 12.0 Å². The molecule has 288 valence electrons. The lowest BCUT2D eigenvalue weighted by molar-refractivity contribution is 0.747. The van der Waals surface area contributed by atoms with Crippen LogP contribution in [0.25, 0.3) is 58.8 Å². The van der Waals surface area contributed by atoms with Gasteiger partial charge in [-0.25, -0.2) is 0 Å². The molecule has 12 rings (SSSR count). The van der Waals surface area contributed by atoms with Crippen molar-refractivity contribution in [1.29, 1.82) is 0 Å². The van der Waals surface area contributed by atoms with Crippen LogP contribution < -0.4 is 9.80 Å². The van der Waals surface area contributed by atoms with Crippen molar-refractivity contribution in [2.45, 2.75) is 12.0 Å². The summed E-state index contributed by atoms with van der Waals surface area (Å²) in [5, 5.41) is 5.13. The first kappa shape index (κ1) is 35.5. The summed E-state index contributed by atoms with van der Waals surface area (Å²) < 4.78 is 2.67. The van der Waals surface area contributed by atoms with E-state index in [1.165, 1.54) is 81.3 Å². The lowest BCUT2D eigenvalue weighted by Crippen LogP contribution is -2.28. The molecule has 3 heteroatoms. The molecule has 10 aromatic rings. The zero-order chi connectivity index (χ0) is 40.3. The van der Waals surface area contributed by atoms with Crippen molar-refractivity contribution in [2.24, 2.45) is 0 Å². The molecule has 0 bridgehead atoms. The van der Waals surface area contributed by atoms with Gasteiger partial charge in [-0.1, -0.05) is 158 Å². The standard InChI is InChI=1S/C58H40N2S/c1-2-10-39(11-3-1)41-18-27-47(28-19-41)59(50-33-24-40-12-4-5-13-44(40)36-50)48-29-20-42(21-30-48)45-25-34-56-53(37-45)51-14-6-8-16-55(51)60(56)49-31-22-43(23-32-49)46-26-35-58-54(38-46)52-15-7-9-17-57(52)61-58/h1-38,53,56H. The molecule has 0 amide bonds. The van der Waals surface area contributed by atoms with Crippen LogP contribution in [0.2, 0.25) is 0 Å². The summed E-state index contributed by atoms with van der Waals surface area (Å²) in [5.74, 6) is 0.238. The Labute approximate surface area is 360 Å². The van der Waals surface area contributed by atoms with Gasteiger partial charge in [-0.05, 0) is 123 Å². The van der Waals surface area contributed by atoms with E-state index in [4.69, 9.17) is 0 Å². The Morgan fingerprint density at radius 2 is 1.03 bits per heavy atom. The number of benzene rings is 9. The van der Waals surface area contributed by atoms with Crippen molar-refractivity contribution < 1.29 is 0 Å². The second kappa shape index (κ2) is 14.7. The highest BCUT2D eigenvalue weighted by Gasteiger charge is 2.38. The van der Waals surface area contributed by atoms with E-state index >= 15 is 0 Å². The first-order valence-corrected chi connectivity index (χ1v) is 21.9. The van der Waals surface area contributed by atoms with Crippen molar-refractivity contribution in [3.63, 3.8) is 0 Å². The van der Waals surface area contributed by atoms with Gasteiger partial charge in [0.2, 0.25) is 0 Å². The normalized spacial score (nSPS) is 15.5. The Bertz CT molecular complexity index is 3300. The molecule has 1 aliphatic heterocycles. The zero-order valence-corrected chi connectivity index (χ0v) is 34.2. The highest BCUT2D eigenvalue weighted by molar-refractivity contribution is 7.25. The summed E-state index contributed by atoms with van der Waals surface area (Å²) in [6.45, 7) is 0. The number of fused-ring (bicyclic) bond motifs is 7. The van der Waals surface area contributed by atoms with Crippen molar-refractivity contribution in [1.82, 2.24) is 0 Å². The van der Waals surface area contributed by atoms with Gasteiger partial charge in [0.1, 0.15) is 0 Å². The molecule has 1 aromatic heterocycles. The van der Waals surface area contributed by atoms with Crippen molar-refractivity contribution >= 4 is 76.3 Å². The quantitative estimate of drug-likeness (QED) is 0.158. The van der Waals surface area contributed by atoms with Crippen molar-refractivity contribution in [3.8, 4) is 22.3 Å². The van der Waals surface area contributed by atoms with E-state index < -0.39 is 0 Å². The molecule has 0 N–H and O–H groups in total. The summed E-state index contributed by atoms with van der Waals surface area (Å²) in [6, 6.07) is 77.9. The Kier molecular flexibility index (Phi) is 8.53. The molecule has 2 nitrogen and oxygen atoms in total. The molecule has 0 saturated heterocycles. The third-order valence-corrected chi connectivity index (χ3v) is 13.7. The van der Waals surface area contributed by atoms with Crippen LogP contribution in [0.3, 0.4) is 0 Å². The number of anilines is 5. The number of hydrogen-bond donors (Lipinski definition) is 0. The van der Waals surface area contributed by atoms with Gasteiger partial charge in [0.05, 0.1) is 6.04 Å². The number of para-hydroxylation sites is 1. The molecule has 0 saturated carbocycles. The average Bonchev–Trinajstić information content (AvgIpc) is 3.87. The third kappa shape index (κ3) is 6.25. The number of thiophene rings is 1. The van der Waals surface area contributed by atoms with Crippen molar-refractivity contribution in [3.05, 3.63) is 242 Å². The average molecular weight is 797 g/mol. The smallest absolute Gasteiger partial charge is 0.0630 e. The largest absolute Gasteiger partial charge is 0.333 e. The highest BCUT2D eigenvalue weighted by atomic mass is 32.1. The van der Waals surface area contributed by atoms with Gasteiger partial charge >= 0.3 is 0 Å². The lowest BCUT2D eigenvalue weighted by atomic mass is 9.86. The molecule has 1 aliphatic carbocycles. The lowest BCUT2D eigenvalue weighted by Gasteiger charge is -2.30. The van der Waals surface area contributed by atoms with Crippen LogP contribution in [0.15, 0.2) is 231 Å². The third-order valence-electron chi connectivity index (χ3n) is 12.6. The van der Waals surface area contributed by atoms with Crippen LogP contribution >= 0.6 is 11.3 Å². The Morgan fingerprint density at radius 1 is 0.426 bits per heavy atom. The SMILES string of the molecule is C1=CC2C(C=C1c1ccc(N(c3ccc(-c4ccccc4)cc3)c3ccc4ccccc4c3)cc1)c1ccccc1N2c1ccc(-c2ccc3sc4ccccc4c3c2)cc1. The van der Waals surface area contributed by atoms with Crippen LogP contribution in [-0.2, 0) is 0 Å². The predicted molar refractivity (Wildman–Crippen MR) is 261 cm³/mol. The van der Waals surface area contributed by atoms with E-state index in [0.29, 0.717) is 0 Å². The predicted octanol–water partition coefficient (Wildman–Crippen LogP) is 16.3. The molecule has 0 radical (unpaired) electrons. The van der Waals surface area contributed by atoms with Gasteiger partial charge in [0, 0.05) is 54.5 Å². The molecular formula is C58H40N2S. The van der Waals surface area contributed by atoms with Crippen LogP contribution in [0.4, 0.5) is 28.4 Å². The molecule has 2 unspecified atom stereocenters.